The number of fused-ring (bicyclic) bond motifs is 13. The van der Waals surface area contributed by atoms with Gasteiger partial charge < -0.3 is 0 Å². The van der Waals surface area contributed by atoms with E-state index in [-0.39, 0.29) is 11.0 Å². The summed E-state index contributed by atoms with van der Waals surface area (Å²) in [6, 6.07) is 61.9. The fourth-order valence-corrected chi connectivity index (χ4v) is 12.8. The summed E-state index contributed by atoms with van der Waals surface area (Å²) in [4.78, 5) is 7.59. The van der Waals surface area contributed by atoms with Crippen LogP contribution in [0.4, 0.5) is 0 Å². The van der Waals surface area contributed by atoms with Crippen molar-refractivity contribution in [1.29, 1.82) is 0 Å². The van der Waals surface area contributed by atoms with Crippen molar-refractivity contribution in [3.63, 3.8) is 0 Å². The van der Waals surface area contributed by atoms with Crippen LogP contribution in [0.25, 0.3) is 66.6 Å². The maximum absolute atomic E-state index is 8.97. The quantitative estimate of drug-likeness (QED) is 0.172. The molecule has 0 unspecified atom stereocenters. The van der Waals surface area contributed by atoms with Gasteiger partial charge in [0.15, 0.2) is 0 Å². The molecule has 0 fully saturated rings. The number of hydrogen-bond donors (Lipinski definition) is 0. The van der Waals surface area contributed by atoms with Crippen LogP contribution in [-0.2, 0) is 37.2 Å². The molecule has 5 nitrogen and oxygen atoms in total. The topological polar surface area (TPSA) is 36.9 Å². The second-order valence-corrected chi connectivity index (χ2v) is 20.8. The second kappa shape index (κ2) is 15.3. The Morgan fingerprint density at radius 1 is 0.574 bits per heavy atom. The van der Waals surface area contributed by atoms with E-state index in [0.29, 0.717) is 32.2 Å². The monoisotopic (exact) mass is 1080 g/mol. The molecule has 0 N–H and O–H groups in total. The molecular weight excluding hydrogens is 1030 g/mol. The summed E-state index contributed by atoms with van der Waals surface area (Å²) >= 11 is 3.88. The van der Waals surface area contributed by atoms with Crippen LogP contribution in [-0.4, -0.2) is 18.7 Å². The number of aryl methyl sites for hydroxylation is 2. The van der Waals surface area contributed by atoms with E-state index >= 15 is 0 Å². The van der Waals surface area contributed by atoms with Crippen LogP contribution in [0.5, 0.6) is 11.5 Å². The van der Waals surface area contributed by atoms with Gasteiger partial charge in [0.1, 0.15) is 0 Å². The van der Waals surface area contributed by atoms with Crippen molar-refractivity contribution >= 4 is 44.6 Å². The predicted molar refractivity (Wildman–Crippen MR) is 274 cm³/mol. The number of nitrogens with zero attached hydrogens (tertiary/aromatic N) is 4. The Morgan fingerprint density at radius 2 is 1.26 bits per heavy atom. The van der Waals surface area contributed by atoms with Gasteiger partial charge in [-0.1, -0.05) is 117 Å². The van der Waals surface area contributed by atoms with Crippen LogP contribution in [0, 0.1) is 10.7 Å². The van der Waals surface area contributed by atoms with E-state index in [1.807, 2.05) is 77.4 Å². The molecule has 0 saturated carbocycles. The number of ether oxygens (including phenoxy) is 1. The molecule has 2 aliphatic rings. The minimum atomic E-state index is -2.47. The second-order valence-electron chi connectivity index (χ2n) is 18.7. The molecule has 11 aromatic rings. The fourth-order valence-electron chi connectivity index (χ4n) is 10.8. The number of aromatic nitrogens is 4. The van der Waals surface area contributed by atoms with E-state index in [1.165, 1.54) is 36.6 Å². The van der Waals surface area contributed by atoms with E-state index in [4.69, 9.17) is 17.9 Å². The van der Waals surface area contributed by atoms with Gasteiger partial charge in [0.2, 0.25) is 0 Å². The van der Waals surface area contributed by atoms with E-state index in [9.17, 15) is 0 Å². The van der Waals surface area contributed by atoms with Crippen LogP contribution >= 0.6 is 11.8 Å². The van der Waals surface area contributed by atoms with Gasteiger partial charge >= 0.3 is 198 Å². The standard InChI is InChI=1S/C61H46N4OS.Pt/c1-38-31-59(62-36-48(38)39-25-27-40(28-26-39)60(2,3)4)65-55-33-43(66-42-16-14-15-41(32-42)64-37-63(5)53-21-10-11-22-54(53)64)29-30-45(55)47-34-46-44-17-6-7-18-49(44)61(52(46)35-56(47)65)50-19-8-12-23-57(50)67-58-24-13-9-20-51(58)61;/h6-36H,1-5H3;/i1D3,5D3;. The van der Waals surface area contributed by atoms with Crippen molar-refractivity contribution in [2.45, 2.75) is 48.2 Å². The molecule has 4 heterocycles. The first-order valence-electron chi connectivity index (χ1n) is 25.7. The third-order valence-corrected chi connectivity index (χ3v) is 16.1. The smallest absolute Gasteiger partial charge is 0.0894 e. The molecule has 1 aliphatic carbocycles. The average Bonchev–Trinajstić information content (AvgIpc) is 3.97. The SMILES string of the molecule is [2H]C([2H])([2H])c1cc(-n2c3cc(Oc4cccc(-n5[c](=[Pt])n(C([2H])([2H])[2H])c6ccccc65)c4)ccc3c3cc4c(cc32)C2(c3ccccc3Sc3ccccc32)c2ccccc2-4)ncc1-c1ccc(C(C)(C)C)cc1. The van der Waals surface area contributed by atoms with Crippen LogP contribution in [0.1, 0.15) is 62.4 Å². The Morgan fingerprint density at radius 3 is 2.01 bits per heavy atom. The number of hydrogen-bond acceptors (Lipinski definition) is 3. The van der Waals surface area contributed by atoms with Gasteiger partial charge in [-0.2, -0.15) is 0 Å². The molecule has 1 aliphatic heterocycles. The zero-order valence-corrected chi connectivity index (χ0v) is 40.4. The average molecular weight is 1080 g/mol. The van der Waals surface area contributed by atoms with Crippen molar-refractivity contribution in [3.8, 4) is 45.3 Å². The molecule has 0 radical (unpaired) electrons. The number of imidazole rings is 1. The number of pyridine rings is 1. The van der Waals surface area contributed by atoms with E-state index in [0.717, 1.165) is 55.3 Å². The molecule has 13 rings (SSSR count). The summed E-state index contributed by atoms with van der Waals surface area (Å²) in [6.07, 6.45) is 1.71. The van der Waals surface area contributed by atoms with Gasteiger partial charge in [-0.25, -0.2) is 0 Å². The zero-order chi connectivity index (χ0) is 51.1. The molecule has 332 valence electrons. The molecule has 3 aromatic heterocycles. The summed E-state index contributed by atoms with van der Waals surface area (Å²) in [6.45, 7) is 1.62. The van der Waals surface area contributed by atoms with Crippen molar-refractivity contribution in [2.75, 3.05) is 0 Å². The van der Waals surface area contributed by atoms with Crippen LogP contribution in [0.15, 0.2) is 198 Å². The van der Waals surface area contributed by atoms with Gasteiger partial charge in [0, 0.05) is 25.7 Å². The third-order valence-electron chi connectivity index (χ3n) is 13.9. The maximum atomic E-state index is 8.97. The minimum Gasteiger partial charge on any atom is -0.0894 e. The first kappa shape index (κ1) is 35.2. The van der Waals surface area contributed by atoms with Crippen molar-refractivity contribution in [1.82, 2.24) is 18.7 Å². The summed E-state index contributed by atoms with van der Waals surface area (Å²) in [5.41, 5.74) is 12.8. The summed E-state index contributed by atoms with van der Waals surface area (Å²) in [5.74, 6) is 1.57. The predicted octanol–water partition coefficient (Wildman–Crippen LogP) is 15.4. The minimum absolute atomic E-state index is 0.0725. The molecular formula is C61H46N4OPtS. The first-order valence-corrected chi connectivity index (χ1v) is 24.6. The Labute approximate surface area is 419 Å². The molecule has 0 atom stereocenters. The van der Waals surface area contributed by atoms with E-state index < -0.39 is 19.2 Å². The fraction of sp³-hybridized carbons (Fsp3) is 0.115. The molecule has 0 saturated heterocycles. The third kappa shape index (κ3) is 6.06. The number of benzene rings is 8. The van der Waals surface area contributed by atoms with Gasteiger partial charge in [0.25, 0.3) is 0 Å². The summed E-state index contributed by atoms with van der Waals surface area (Å²) < 4.78 is 64.7. The first-order chi connectivity index (χ1) is 35.5. The number of para-hydroxylation sites is 2. The van der Waals surface area contributed by atoms with Crippen LogP contribution in [0.2, 0.25) is 0 Å². The molecule has 68 heavy (non-hydrogen) atoms. The molecule has 0 amide bonds. The van der Waals surface area contributed by atoms with Gasteiger partial charge in [0.05, 0.1) is 5.41 Å². The van der Waals surface area contributed by atoms with Crippen molar-refractivity contribution < 1.29 is 32.3 Å². The molecule has 8 aromatic carbocycles. The normalized spacial score (nSPS) is 15.2. The van der Waals surface area contributed by atoms with Gasteiger partial charge in [-0.3, -0.25) is 0 Å². The van der Waals surface area contributed by atoms with Crippen LogP contribution < -0.4 is 4.74 Å². The van der Waals surface area contributed by atoms with Crippen LogP contribution in [0.3, 0.4) is 0 Å². The molecule has 1 spiro atoms. The number of rotatable bonds is 5. The van der Waals surface area contributed by atoms with Crippen molar-refractivity contribution in [3.05, 3.63) is 225 Å². The Bertz CT molecular complexity index is 4150. The van der Waals surface area contributed by atoms with E-state index in [1.54, 1.807) is 24.0 Å². The Balaban J connectivity index is 1.04. The van der Waals surface area contributed by atoms with E-state index in [2.05, 4.69) is 148 Å². The van der Waals surface area contributed by atoms with Gasteiger partial charge in [-0.15, -0.1) is 0 Å². The van der Waals surface area contributed by atoms with Crippen molar-refractivity contribution in [2.24, 2.45) is 6.98 Å². The molecule has 7 heteroatoms. The summed E-state index contributed by atoms with van der Waals surface area (Å²) in [7, 11) is 0. The summed E-state index contributed by atoms with van der Waals surface area (Å²) in [5, 5.41) is 1.94. The Kier molecular flexibility index (Phi) is 7.90. The molecule has 0 bridgehead atoms. The Hall–Kier alpha value is -6.98. The van der Waals surface area contributed by atoms with Gasteiger partial charge in [-0.05, 0) is 74.5 Å². The zero-order valence-electron chi connectivity index (χ0n) is 43.3.